The number of amides is 1. The van der Waals surface area contributed by atoms with Crippen LogP contribution >= 0.6 is 0 Å². The molecule has 0 heterocycles. The molecule has 0 saturated heterocycles. The van der Waals surface area contributed by atoms with Gasteiger partial charge in [-0.25, -0.2) is 17.5 Å². The van der Waals surface area contributed by atoms with E-state index in [-0.39, 0.29) is 18.9 Å². The van der Waals surface area contributed by atoms with Crippen LogP contribution in [0.15, 0.2) is 60.0 Å². The molecule has 2 aromatic rings. The molecule has 0 saturated carbocycles. The Morgan fingerprint density at radius 1 is 1.04 bits per heavy atom. The summed E-state index contributed by atoms with van der Waals surface area (Å²) in [7, 11) is -3.61. The number of carbonyl (C=O) groups excluding carboxylic acids is 1. The molecule has 126 valence electrons. The summed E-state index contributed by atoms with van der Waals surface area (Å²) in [5, 5.41) is 3.61. The Hall–Kier alpha value is -2.51. The Kier molecular flexibility index (Phi) is 6.22. The third-order valence-corrected chi connectivity index (χ3v) is 4.12. The number of sulfonamides is 1. The topological polar surface area (TPSA) is 75.3 Å². The molecule has 1 amide bonds. The standard InChI is InChI=1S/C17H17FN2O3S/c18-15-6-8-16(9-7-15)20-17(21)10-12-19-24(22,23)13-11-14-4-2-1-3-5-14/h1-9,11,13,19H,10,12H2,(H,20,21)/b13-11+. The summed E-state index contributed by atoms with van der Waals surface area (Å²) in [6.07, 6.45) is 1.44. The molecule has 0 radical (unpaired) electrons. The zero-order valence-corrected chi connectivity index (χ0v) is 13.6. The summed E-state index contributed by atoms with van der Waals surface area (Å²) in [5.74, 6) is -0.762. The number of halogens is 1. The van der Waals surface area contributed by atoms with Crippen LogP contribution < -0.4 is 10.0 Å². The molecule has 0 unspecified atom stereocenters. The van der Waals surface area contributed by atoms with E-state index >= 15 is 0 Å². The highest BCUT2D eigenvalue weighted by molar-refractivity contribution is 7.92. The number of benzene rings is 2. The van der Waals surface area contributed by atoms with E-state index < -0.39 is 15.8 Å². The smallest absolute Gasteiger partial charge is 0.233 e. The number of hydrogen-bond acceptors (Lipinski definition) is 3. The summed E-state index contributed by atoms with van der Waals surface area (Å²) in [4.78, 5) is 11.7. The molecule has 0 aromatic heterocycles. The van der Waals surface area contributed by atoms with Gasteiger partial charge in [0.15, 0.2) is 0 Å². The first kappa shape index (κ1) is 17.8. The predicted molar refractivity (Wildman–Crippen MR) is 92.0 cm³/mol. The maximum atomic E-state index is 12.8. The van der Waals surface area contributed by atoms with Crippen molar-refractivity contribution in [3.05, 3.63) is 71.4 Å². The Morgan fingerprint density at radius 3 is 2.38 bits per heavy atom. The molecular weight excluding hydrogens is 331 g/mol. The van der Waals surface area contributed by atoms with Gasteiger partial charge in [-0.1, -0.05) is 30.3 Å². The van der Waals surface area contributed by atoms with Crippen molar-refractivity contribution < 1.29 is 17.6 Å². The third-order valence-electron chi connectivity index (χ3n) is 3.02. The van der Waals surface area contributed by atoms with Gasteiger partial charge in [-0.05, 0) is 35.9 Å². The lowest BCUT2D eigenvalue weighted by atomic mass is 10.2. The van der Waals surface area contributed by atoms with E-state index in [4.69, 9.17) is 0 Å². The van der Waals surface area contributed by atoms with Crippen molar-refractivity contribution >= 4 is 27.7 Å². The van der Waals surface area contributed by atoms with Crippen LogP contribution in [-0.4, -0.2) is 20.9 Å². The van der Waals surface area contributed by atoms with Crippen LogP contribution in [0, 0.1) is 5.82 Å². The number of rotatable bonds is 7. The number of carbonyl (C=O) groups is 1. The van der Waals surface area contributed by atoms with Gasteiger partial charge in [0.1, 0.15) is 5.82 Å². The fourth-order valence-corrected chi connectivity index (χ4v) is 2.66. The third kappa shape index (κ3) is 6.31. The number of hydrogen-bond donors (Lipinski definition) is 2. The molecule has 0 atom stereocenters. The van der Waals surface area contributed by atoms with E-state index in [1.807, 2.05) is 6.07 Å². The summed E-state index contributed by atoms with van der Waals surface area (Å²) in [5.41, 5.74) is 1.21. The van der Waals surface area contributed by atoms with Crippen LogP contribution in [0.2, 0.25) is 0 Å². The molecule has 24 heavy (non-hydrogen) atoms. The van der Waals surface area contributed by atoms with E-state index in [1.165, 1.54) is 30.3 Å². The molecule has 2 rings (SSSR count). The second-order valence-corrected chi connectivity index (χ2v) is 6.61. The van der Waals surface area contributed by atoms with E-state index in [9.17, 15) is 17.6 Å². The summed E-state index contributed by atoms with van der Waals surface area (Å²) < 4.78 is 38.7. The minimum Gasteiger partial charge on any atom is -0.326 e. The predicted octanol–water partition coefficient (Wildman–Crippen LogP) is 2.74. The highest BCUT2D eigenvalue weighted by Gasteiger charge is 2.07. The molecule has 0 aliphatic rings. The molecule has 0 fully saturated rings. The SMILES string of the molecule is O=C(CCNS(=O)(=O)/C=C/c1ccccc1)Nc1ccc(F)cc1. The summed E-state index contributed by atoms with van der Waals surface area (Å²) in [6.45, 7) is -0.0332. The van der Waals surface area contributed by atoms with Crippen LogP contribution in [0.5, 0.6) is 0 Å². The normalized spacial score (nSPS) is 11.5. The average molecular weight is 348 g/mol. The molecule has 2 aromatic carbocycles. The second kappa shape index (κ2) is 8.37. The van der Waals surface area contributed by atoms with Gasteiger partial charge in [0, 0.05) is 24.1 Å². The zero-order chi connectivity index (χ0) is 17.4. The lowest BCUT2D eigenvalue weighted by molar-refractivity contribution is -0.116. The van der Waals surface area contributed by atoms with Gasteiger partial charge in [0.05, 0.1) is 0 Å². The Balaban J connectivity index is 1.79. The van der Waals surface area contributed by atoms with Crippen LogP contribution in [0.4, 0.5) is 10.1 Å². The van der Waals surface area contributed by atoms with E-state index in [0.29, 0.717) is 5.69 Å². The van der Waals surface area contributed by atoms with Gasteiger partial charge < -0.3 is 5.32 Å². The molecule has 2 N–H and O–H groups in total. The lowest BCUT2D eigenvalue weighted by Gasteiger charge is -2.05. The minimum atomic E-state index is -3.61. The molecule has 0 aliphatic carbocycles. The largest absolute Gasteiger partial charge is 0.326 e. The summed E-state index contributed by atoms with van der Waals surface area (Å²) >= 11 is 0. The molecule has 0 spiro atoms. The van der Waals surface area contributed by atoms with Crippen LogP contribution in [0.25, 0.3) is 6.08 Å². The minimum absolute atomic E-state index is 0.0320. The van der Waals surface area contributed by atoms with Crippen molar-refractivity contribution in [2.24, 2.45) is 0 Å². The van der Waals surface area contributed by atoms with E-state index in [2.05, 4.69) is 10.0 Å². The van der Waals surface area contributed by atoms with Crippen molar-refractivity contribution in [1.82, 2.24) is 4.72 Å². The van der Waals surface area contributed by atoms with Crippen LogP contribution in [0.1, 0.15) is 12.0 Å². The van der Waals surface area contributed by atoms with Gasteiger partial charge in [0.2, 0.25) is 15.9 Å². The lowest BCUT2D eigenvalue weighted by Crippen LogP contribution is -2.26. The molecular formula is C17H17FN2O3S. The molecule has 0 bridgehead atoms. The molecule has 0 aliphatic heterocycles. The van der Waals surface area contributed by atoms with E-state index in [0.717, 1.165) is 11.0 Å². The van der Waals surface area contributed by atoms with Crippen molar-refractivity contribution in [3.8, 4) is 0 Å². The maximum absolute atomic E-state index is 12.8. The summed E-state index contributed by atoms with van der Waals surface area (Å²) in [6, 6.07) is 14.3. The first-order valence-electron chi connectivity index (χ1n) is 7.23. The fraction of sp³-hybridized carbons (Fsp3) is 0.118. The average Bonchev–Trinajstić information content (AvgIpc) is 2.56. The Morgan fingerprint density at radius 2 is 1.71 bits per heavy atom. The quantitative estimate of drug-likeness (QED) is 0.808. The van der Waals surface area contributed by atoms with Gasteiger partial charge in [-0.2, -0.15) is 0 Å². The van der Waals surface area contributed by atoms with E-state index in [1.54, 1.807) is 24.3 Å². The molecule has 5 nitrogen and oxygen atoms in total. The van der Waals surface area contributed by atoms with Gasteiger partial charge >= 0.3 is 0 Å². The number of anilines is 1. The second-order valence-electron chi connectivity index (χ2n) is 4.96. The number of nitrogens with one attached hydrogen (secondary N) is 2. The van der Waals surface area contributed by atoms with Gasteiger partial charge in [0.25, 0.3) is 0 Å². The van der Waals surface area contributed by atoms with Gasteiger partial charge in [-0.3, -0.25) is 4.79 Å². The first-order chi connectivity index (χ1) is 11.4. The van der Waals surface area contributed by atoms with Crippen molar-refractivity contribution in [2.75, 3.05) is 11.9 Å². The van der Waals surface area contributed by atoms with Crippen LogP contribution in [0.3, 0.4) is 0 Å². The van der Waals surface area contributed by atoms with Crippen molar-refractivity contribution in [1.29, 1.82) is 0 Å². The van der Waals surface area contributed by atoms with Crippen molar-refractivity contribution in [2.45, 2.75) is 6.42 Å². The highest BCUT2D eigenvalue weighted by atomic mass is 32.2. The highest BCUT2D eigenvalue weighted by Crippen LogP contribution is 2.08. The van der Waals surface area contributed by atoms with Gasteiger partial charge in [-0.15, -0.1) is 0 Å². The zero-order valence-electron chi connectivity index (χ0n) is 12.8. The Bertz CT molecular complexity index is 803. The molecule has 7 heteroatoms. The van der Waals surface area contributed by atoms with Crippen molar-refractivity contribution in [3.63, 3.8) is 0 Å². The first-order valence-corrected chi connectivity index (χ1v) is 8.77. The van der Waals surface area contributed by atoms with Crippen LogP contribution in [-0.2, 0) is 14.8 Å². The maximum Gasteiger partial charge on any atom is 0.233 e. The fourth-order valence-electron chi connectivity index (χ4n) is 1.84. The monoisotopic (exact) mass is 348 g/mol. The Labute approximate surface area is 140 Å².